The quantitative estimate of drug-likeness (QED) is 0.579. The first-order chi connectivity index (χ1) is 15.1. The lowest BCUT2D eigenvalue weighted by molar-refractivity contribution is 0.0437. The molecule has 1 atom stereocenters. The van der Waals surface area contributed by atoms with Crippen LogP contribution in [0.3, 0.4) is 0 Å². The van der Waals surface area contributed by atoms with Crippen LogP contribution in [0.1, 0.15) is 28.4 Å². The zero-order valence-corrected chi connectivity index (χ0v) is 18.0. The number of fused-ring (bicyclic) bond motifs is 1. The number of benzene rings is 3. The Labute approximate surface area is 183 Å². The van der Waals surface area contributed by atoms with E-state index in [0.717, 1.165) is 23.4 Å². The molecule has 0 bridgehead atoms. The highest BCUT2D eigenvalue weighted by molar-refractivity contribution is 6.02. The molecule has 4 rings (SSSR count). The van der Waals surface area contributed by atoms with E-state index in [9.17, 15) is 4.79 Å². The molecule has 1 N–H and O–H groups in total. The molecule has 5 nitrogen and oxygen atoms in total. The highest BCUT2D eigenvalue weighted by atomic mass is 16.5. The molecule has 0 spiro atoms. The summed E-state index contributed by atoms with van der Waals surface area (Å²) < 4.78 is 11.3. The average molecular weight is 417 g/mol. The van der Waals surface area contributed by atoms with Gasteiger partial charge in [-0.2, -0.15) is 0 Å². The second-order valence-corrected chi connectivity index (χ2v) is 7.80. The summed E-state index contributed by atoms with van der Waals surface area (Å²) in [4.78, 5) is 15.2. The Morgan fingerprint density at radius 2 is 1.71 bits per heavy atom. The van der Waals surface area contributed by atoms with Crippen molar-refractivity contribution in [3.8, 4) is 5.75 Å². The van der Waals surface area contributed by atoms with Crippen molar-refractivity contribution >= 4 is 11.6 Å². The van der Waals surface area contributed by atoms with Crippen molar-refractivity contribution in [2.75, 3.05) is 32.2 Å². The number of amides is 1. The molecule has 1 aliphatic heterocycles. The number of ether oxygens (including phenoxy) is 2. The molecule has 0 radical (unpaired) electrons. The van der Waals surface area contributed by atoms with Gasteiger partial charge in [-0.3, -0.25) is 4.79 Å². The molecule has 0 aliphatic carbocycles. The SMILES string of the molecule is COCCN1C(=O)c2ccccc2NC1(C)c1cccc(OCCc2ccccc2)c1. The number of nitrogens with one attached hydrogen (secondary N) is 1. The Morgan fingerprint density at radius 3 is 2.52 bits per heavy atom. The van der Waals surface area contributed by atoms with E-state index < -0.39 is 5.66 Å². The van der Waals surface area contributed by atoms with Crippen LogP contribution in [0, 0.1) is 0 Å². The second kappa shape index (κ2) is 9.23. The summed E-state index contributed by atoms with van der Waals surface area (Å²) in [5.41, 5.74) is 2.99. The van der Waals surface area contributed by atoms with Crippen molar-refractivity contribution < 1.29 is 14.3 Å². The van der Waals surface area contributed by atoms with Gasteiger partial charge in [-0.1, -0.05) is 54.6 Å². The van der Waals surface area contributed by atoms with Crippen molar-refractivity contribution in [2.24, 2.45) is 0 Å². The summed E-state index contributed by atoms with van der Waals surface area (Å²) in [6, 6.07) is 25.9. The van der Waals surface area contributed by atoms with Crippen LogP contribution in [0.15, 0.2) is 78.9 Å². The van der Waals surface area contributed by atoms with E-state index in [2.05, 4.69) is 17.4 Å². The van der Waals surface area contributed by atoms with Gasteiger partial charge < -0.3 is 19.7 Å². The molecule has 5 heteroatoms. The predicted octanol–water partition coefficient (Wildman–Crippen LogP) is 4.70. The van der Waals surface area contributed by atoms with Crippen LogP contribution in [0.25, 0.3) is 0 Å². The Hall–Kier alpha value is -3.31. The lowest BCUT2D eigenvalue weighted by atomic mass is 9.93. The van der Waals surface area contributed by atoms with E-state index >= 15 is 0 Å². The molecule has 160 valence electrons. The summed E-state index contributed by atoms with van der Waals surface area (Å²) in [6.07, 6.45) is 0.840. The molecule has 3 aromatic rings. The summed E-state index contributed by atoms with van der Waals surface area (Å²) in [5.74, 6) is 0.777. The van der Waals surface area contributed by atoms with Gasteiger partial charge in [0.05, 0.1) is 18.8 Å². The van der Waals surface area contributed by atoms with Gasteiger partial charge in [0, 0.05) is 31.3 Å². The molecule has 31 heavy (non-hydrogen) atoms. The first-order valence-corrected chi connectivity index (χ1v) is 10.6. The molecule has 1 amide bonds. The predicted molar refractivity (Wildman–Crippen MR) is 122 cm³/mol. The molecule has 1 heterocycles. The van der Waals surface area contributed by atoms with Gasteiger partial charge >= 0.3 is 0 Å². The van der Waals surface area contributed by atoms with Crippen LogP contribution in [-0.4, -0.2) is 37.7 Å². The smallest absolute Gasteiger partial charge is 0.258 e. The average Bonchev–Trinajstić information content (AvgIpc) is 2.80. The van der Waals surface area contributed by atoms with Crippen LogP contribution in [-0.2, 0) is 16.8 Å². The third-order valence-electron chi connectivity index (χ3n) is 5.74. The zero-order chi connectivity index (χ0) is 21.7. The zero-order valence-electron chi connectivity index (χ0n) is 18.0. The van der Waals surface area contributed by atoms with Crippen LogP contribution >= 0.6 is 0 Å². The minimum Gasteiger partial charge on any atom is -0.493 e. The van der Waals surface area contributed by atoms with Crippen LogP contribution in [0.2, 0.25) is 0 Å². The Kier molecular flexibility index (Phi) is 6.23. The highest BCUT2D eigenvalue weighted by Gasteiger charge is 2.42. The molecule has 1 unspecified atom stereocenters. The minimum atomic E-state index is -0.719. The van der Waals surface area contributed by atoms with E-state index in [-0.39, 0.29) is 5.91 Å². The van der Waals surface area contributed by atoms with Gasteiger partial charge in [-0.05, 0) is 36.8 Å². The molecular weight excluding hydrogens is 388 g/mol. The fourth-order valence-corrected chi connectivity index (χ4v) is 4.01. The maximum absolute atomic E-state index is 13.3. The van der Waals surface area contributed by atoms with E-state index in [4.69, 9.17) is 9.47 Å². The van der Waals surface area contributed by atoms with E-state index in [1.807, 2.05) is 78.6 Å². The van der Waals surface area contributed by atoms with Crippen molar-refractivity contribution in [3.05, 3.63) is 95.6 Å². The monoisotopic (exact) mass is 416 g/mol. The molecule has 0 fully saturated rings. The molecule has 0 saturated heterocycles. The summed E-state index contributed by atoms with van der Waals surface area (Å²) in [5, 5.41) is 3.58. The third-order valence-corrected chi connectivity index (χ3v) is 5.74. The van der Waals surface area contributed by atoms with Gasteiger partial charge in [0.25, 0.3) is 5.91 Å². The van der Waals surface area contributed by atoms with Gasteiger partial charge in [0.15, 0.2) is 0 Å². The third kappa shape index (κ3) is 4.42. The van der Waals surface area contributed by atoms with Gasteiger partial charge in [-0.25, -0.2) is 0 Å². The fourth-order valence-electron chi connectivity index (χ4n) is 4.01. The van der Waals surface area contributed by atoms with Crippen molar-refractivity contribution in [2.45, 2.75) is 19.0 Å². The van der Waals surface area contributed by atoms with Crippen LogP contribution in [0.4, 0.5) is 5.69 Å². The number of carbonyl (C=O) groups is 1. The van der Waals surface area contributed by atoms with E-state index in [1.54, 1.807) is 7.11 Å². The summed E-state index contributed by atoms with van der Waals surface area (Å²) in [7, 11) is 1.65. The summed E-state index contributed by atoms with van der Waals surface area (Å²) in [6.45, 7) is 3.55. The lowest BCUT2D eigenvalue weighted by Crippen LogP contribution is -2.56. The Bertz CT molecular complexity index is 1040. The van der Waals surface area contributed by atoms with Crippen molar-refractivity contribution in [1.29, 1.82) is 0 Å². The number of hydrogen-bond donors (Lipinski definition) is 1. The maximum Gasteiger partial charge on any atom is 0.258 e. The van der Waals surface area contributed by atoms with E-state index in [0.29, 0.717) is 25.3 Å². The van der Waals surface area contributed by atoms with Gasteiger partial charge in [0.1, 0.15) is 11.4 Å². The van der Waals surface area contributed by atoms with Crippen molar-refractivity contribution in [3.63, 3.8) is 0 Å². The standard InChI is InChI=1S/C26H28N2O3/c1-26(27-24-14-7-6-13-23(24)25(29)28(26)16-18-30-2)21-11-8-12-22(19-21)31-17-15-20-9-4-3-5-10-20/h3-14,19,27H,15-18H2,1-2H3. The number of carbonyl (C=O) groups excluding carboxylic acids is 1. The molecule has 3 aromatic carbocycles. The first-order valence-electron chi connectivity index (χ1n) is 10.6. The number of hydrogen-bond acceptors (Lipinski definition) is 4. The topological polar surface area (TPSA) is 50.8 Å². The number of rotatable bonds is 8. The summed E-state index contributed by atoms with van der Waals surface area (Å²) >= 11 is 0. The van der Waals surface area contributed by atoms with Crippen molar-refractivity contribution in [1.82, 2.24) is 4.90 Å². The largest absolute Gasteiger partial charge is 0.493 e. The Balaban J connectivity index is 1.58. The molecule has 0 aromatic heterocycles. The highest BCUT2D eigenvalue weighted by Crippen LogP contribution is 2.38. The minimum absolute atomic E-state index is 0.00991. The van der Waals surface area contributed by atoms with E-state index in [1.165, 1.54) is 5.56 Å². The number of nitrogens with zero attached hydrogens (tertiary/aromatic N) is 1. The molecule has 1 aliphatic rings. The normalized spacial score (nSPS) is 17.7. The Morgan fingerprint density at radius 1 is 0.935 bits per heavy atom. The second-order valence-electron chi connectivity index (χ2n) is 7.80. The molecule has 0 saturated carbocycles. The van der Waals surface area contributed by atoms with Gasteiger partial charge in [0.2, 0.25) is 0 Å². The number of para-hydroxylation sites is 1. The molecular formula is C26H28N2O3. The fraction of sp³-hybridized carbons (Fsp3) is 0.269. The first kappa shape index (κ1) is 20.9. The van der Waals surface area contributed by atoms with Crippen LogP contribution < -0.4 is 10.1 Å². The van der Waals surface area contributed by atoms with Gasteiger partial charge in [-0.15, -0.1) is 0 Å². The number of methoxy groups -OCH3 is 1. The maximum atomic E-state index is 13.3. The number of anilines is 1. The van der Waals surface area contributed by atoms with Crippen LogP contribution in [0.5, 0.6) is 5.75 Å². The lowest BCUT2D eigenvalue weighted by Gasteiger charge is -2.46.